The van der Waals surface area contributed by atoms with Crippen molar-refractivity contribution in [3.05, 3.63) is 47.0 Å². The Balaban J connectivity index is 2.78. The molecule has 0 amide bonds. The fraction of sp³-hybridized carbons (Fsp3) is 0.389. The van der Waals surface area contributed by atoms with E-state index >= 15 is 0 Å². The fourth-order valence-corrected chi connectivity index (χ4v) is 2.85. The number of Topliss-reactive ketones (excluding diaryl/α,β-unsaturated/α-hetero) is 1. The normalized spacial score (nSPS) is 10.9. The van der Waals surface area contributed by atoms with Gasteiger partial charge in [0.2, 0.25) is 0 Å². The molecule has 0 radical (unpaired) electrons. The lowest BCUT2D eigenvalue weighted by Crippen LogP contribution is -2.05. The summed E-state index contributed by atoms with van der Waals surface area (Å²) in [4.78, 5) is 11.9. The van der Waals surface area contributed by atoms with Gasteiger partial charge in [-0.15, -0.1) is 0 Å². The third kappa shape index (κ3) is 2.70. The molecule has 1 nitrogen and oxygen atoms in total. The SMILES string of the molecule is CCCc1c(C(C)=O)cc2ccccc2c1CCC. The fourth-order valence-electron chi connectivity index (χ4n) is 2.85. The average molecular weight is 254 g/mol. The number of benzene rings is 2. The van der Waals surface area contributed by atoms with E-state index in [4.69, 9.17) is 0 Å². The van der Waals surface area contributed by atoms with Gasteiger partial charge in [-0.05, 0) is 47.7 Å². The molecule has 2 aromatic rings. The van der Waals surface area contributed by atoms with Crippen LogP contribution < -0.4 is 0 Å². The third-order valence-electron chi connectivity index (χ3n) is 3.65. The highest BCUT2D eigenvalue weighted by Gasteiger charge is 2.14. The summed E-state index contributed by atoms with van der Waals surface area (Å²) in [6, 6.07) is 10.5. The lowest BCUT2D eigenvalue weighted by Gasteiger charge is -2.16. The molecular weight excluding hydrogens is 232 g/mol. The van der Waals surface area contributed by atoms with E-state index in [0.717, 1.165) is 31.2 Å². The predicted octanol–water partition coefficient (Wildman–Crippen LogP) is 4.95. The number of rotatable bonds is 5. The molecule has 0 fully saturated rings. The maximum Gasteiger partial charge on any atom is 0.160 e. The van der Waals surface area contributed by atoms with Crippen LogP contribution in [0, 0.1) is 0 Å². The zero-order valence-corrected chi connectivity index (χ0v) is 12.1. The number of carbonyl (C=O) groups excluding carboxylic acids is 1. The highest BCUT2D eigenvalue weighted by atomic mass is 16.1. The van der Waals surface area contributed by atoms with Crippen molar-refractivity contribution >= 4 is 16.6 Å². The van der Waals surface area contributed by atoms with Gasteiger partial charge in [0.1, 0.15) is 0 Å². The topological polar surface area (TPSA) is 17.1 Å². The second kappa shape index (κ2) is 6.01. The highest BCUT2D eigenvalue weighted by molar-refractivity contribution is 6.01. The van der Waals surface area contributed by atoms with Crippen molar-refractivity contribution in [3.63, 3.8) is 0 Å². The summed E-state index contributed by atoms with van der Waals surface area (Å²) < 4.78 is 0. The van der Waals surface area contributed by atoms with Crippen molar-refractivity contribution in [1.82, 2.24) is 0 Å². The maximum atomic E-state index is 11.9. The molecule has 19 heavy (non-hydrogen) atoms. The Bertz CT molecular complexity index is 596. The molecule has 2 aromatic carbocycles. The molecule has 0 bridgehead atoms. The van der Waals surface area contributed by atoms with Crippen molar-refractivity contribution in [1.29, 1.82) is 0 Å². The molecule has 0 aliphatic rings. The van der Waals surface area contributed by atoms with E-state index < -0.39 is 0 Å². The van der Waals surface area contributed by atoms with Gasteiger partial charge in [0.25, 0.3) is 0 Å². The smallest absolute Gasteiger partial charge is 0.160 e. The monoisotopic (exact) mass is 254 g/mol. The van der Waals surface area contributed by atoms with Gasteiger partial charge in [-0.2, -0.15) is 0 Å². The number of ketones is 1. The Morgan fingerprint density at radius 1 is 1.00 bits per heavy atom. The van der Waals surface area contributed by atoms with Crippen LogP contribution in [0.25, 0.3) is 10.8 Å². The van der Waals surface area contributed by atoms with E-state index in [1.54, 1.807) is 6.92 Å². The second-order valence-electron chi connectivity index (χ2n) is 5.16. The van der Waals surface area contributed by atoms with E-state index in [-0.39, 0.29) is 5.78 Å². The number of fused-ring (bicyclic) bond motifs is 1. The van der Waals surface area contributed by atoms with Crippen molar-refractivity contribution in [2.24, 2.45) is 0 Å². The summed E-state index contributed by atoms with van der Waals surface area (Å²) in [5.41, 5.74) is 3.58. The Labute approximate surface area is 115 Å². The molecule has 2 rings (SSSR count). The Hall–Kier alpha value is -1.63. The van der Waals surface area contributed by atoms with Crippen molar-refractivity contribution in [2.75, 3.05) is 0 Å². The van der Waals surface area contributed by atoms with Crippen LogP contribution in [-0.2, 0) is 12.8 Å². The van der Waals surface area contributed by atoms with Crippen LogP contribution in [0.1, 0.15) is 55.1 Å². The van der Waals surface area contributed by atoms with E-state index in [1.807, 2.05) is 6.07 Å². The molecule has 0 saturated heterocycles. The molecule has 0 aromatic heterocycles. The summed E-state index contributed by atoms with van der Waals surface area (Å²) in [5, 5.41) is 2.51. The molecule has 0 aliphatic carbocycles. The van der Waals surface area contributed by atoms with Crippen LogP contribution in [0.4, 0.5) is 0 Å². The standard InChI is InChI=1S/C18H22O/c1-4-8-16-15-11-7-6-10-14(15)12-18(13(3)19)17(16)9-5-2/h6-7,10-12H,4-5,8-9H2,1-3H3. The zero-order chi connectivity index (χ0) is 13.8. The molecule has 0 heterocycles. The van der Waals surface area contributed by atoms with Crippen LogP contribution in [0.5, 0.6) is 0 Å². The molecule has 0 aliphatic heterocycles. The minimum absolute atomic E-state index is 0.187. The Morgan fingerprint density at radius 2 is 1.63 bits per heavy atom. The van der Waals surface area contributed by atoms with E-state index in [9.17, 15) is 4.79 Å². The van der Waals surface area contributed by atoms with E-state index in [1.165, 1.54) is 21.9 Å². The Morgan fingerprint density at radius 3 is 2.26 bits per heavy atom. The van der Waals surface area contributed by atoms with Gasteiger partial charge < -0.3 is 0 Å². The maximum absolute atomic E-state index is 11.9. The molecule has 1 heteroatoms. The van der Waals surface area contributed by atoms with Gasteiger partial charge in [-0.1, -0.05) is 51.0 Å². The average Bonchev–Trinajstić information content (AvgIpc) is 2.41. The number of hydrogen-bond donors (Lipinski definition) is 0. The summed E-state index contributed by atoms with van der Waals surface area (Å²) in [5.74, 6) is 0.187. The van der Waals surface area contributed by atoms with Crippen molar-refractivity contribution in [3.8, 4) is 0 Å². The first-order chi connectivity index (χ1) is 9.19. The molecular formula is C18H22O. The van der Waals surface area contributed by atoms with Crippen LogP contribution in [0.15, 0.2) is 30.3 Å². The van der Waals surface area contributed by atoms with Gasteiger partial charge >= 0.3 is 0 Å². The minimum Gasteiger partial charge on any atom is -0.295 e. The first-order valence-corrected chi connectivity index (χ1v) is 7.23. The number of hydrogen-bond acceptors (Lipinski definition) is 1. The summed E-state index contributed by atoms with van der Waals surface area (Å²) in [7, 11) is 0. The zero-order valence-electron chi connectivity index (χ0n) is 12.1. The number of carbonyl (C=O) groups is 1. The van der Waals surface area contributed by atoms with Gasteiger partial charge in [0, 0.05) is 5.56 Å². The van der Waals surface area contributed by atoms with Crippen LogP contribution in [0.3, 0.4) is 0 Å². The summed E-state index contributed by atoms with van der Waals surface area (Å²) in [6.45, 7) is 6.05. The van der Waals surface area contributed by atoms with Crippen LogP contribution >= 0.6 is 0 Å². The largest absolute Gasteiger partial charge is 0.295 e. The first-order valence-electron chi connectivity index (χ1n) is 7.23. The van der Waals surface area contributed by atoms with Crippen LogP contribution in [-0.4, -0.2) is 5.78 Å². The van der Waals surface area contributed by atoms with Crippen LogP contribution in [0.2, 0.25) is 0 Å². The molecule has 0 atom stereocenters. The second-order valence-corrected chi connectivity index (χ2v) is 5.16. The number of aryl methyl sites for hydroxylation is 1. The van der Waals surface area contributed by atoms with E-state index in [0.29, 0.717) is 0 Å². The quantitative estimate of drug-likeness (QED) is 0.690. The molecule has 0 unspecified atom stereocenters. The van der Waals surface area contributed by atoms with Gasteiger partial charge in [0.05, 0.1) is 0 Å². The van der Waals surface area contributed by atoms with E-state index in [2.05, 4.69) is 38.1 Å². The summed E-state index contributed by atoms with van der Waals surface area (Å²) in [6.07, 6.45) is 4.24. The lowest BCUT2D eigenvalue weighted by molar-refractivity contribution is 0.101. The third-order valence-corrected chi connectivity index (χ3v) is 3.65. The molecule has 0 N–H and O–H groups in total. The van der Waals surface area contributed by atoms with Crippen molar-refractivity contribution in [2.45, 2.75) is 46.5 Å². The molecule has 100 valence electrons. The summed E-state index contributed by atoms with van der Waals surface area (Å²) >= 11 is 0. The van der Waals surface area contributed by atoms with Gasteiger partial charge in [0.15, 0.2) is 5.78 Å². The molecule has 0 spiro atoms. The minimum atomic E-state index is 0.187. The molecule has 0 saturated carbocycles. The van der Waals surface area contributed by atoms with Gasteiger partial charge in [-0.3, -0.25) is 4.79 Å². The highest BCUT2D eigenvalue weighted by Crippen LogP contribution is 2.28. The van der Waals surface area contributed by atoms with Gasteiger partial charge in [-0.25, -0.2) is 0 Å². The van der Waals surface area contributed by atoms with Crippen molar-refractivity contribution < 1.29 is 4.79 Å². The predicted molar refractivity (Wildman–Crippen MR) is 81.9 cm³/mol. The Kier molecular flexibility index (Phi) is 4.36. The first kappa shape index (κ1) is 13.8. The lowest BCUT2D eigenvalue weighted by atomic mass is 9.88.